The van der Waals surface area contributed by atoms with Crippen LogP contribution in [0, 0.1) is 0 Å². The van der Waals surface area contributed by atoms with Crippen LogP contribution in [0.2, 0.25) is 5.02 Å². The number of benzene rings is 1. The Morgan fingerprint density at radius 1 is 1.50 bits per heavy atom. The van der Waals surface area contributed by atoms with Crippen molar-refractivity contribution < 1.29 is 9.90 Å². The van der Waals surface area contributed by atoms with Crippen LogP contribution < -0.4 is 11.1 Å². The van der Waals surface area contributed by atoms with Gasteiger partial charge in [0, 0.05) is 11.6 Å². The third kappa shape index (κ3) is 3.81. The van der Waals surface area contributed by atoms with Gasteiger partial charge in [0.2, 0.25) is 5.91 Å². The van der Waals surface area contributed by atoms with Crippen LogP contribution in [-0.4, -0.2) is 23.6 Å². The molecule has 0 bridgehead atoms. The molecule has 16 heavy (non-hydrogen) atoms. The molecule has 1 rings (SSSR count). The van der Waals surface area contributed by atoms with E-state index in [4.69, 9.17) is 17.3 Å². The monoisotopic (exact) mass is 242 g/mol. The average molecular weight is 243 g/mol. The van der Waals surface area contributed by atoms with Gasteiger partial charge in [-0.3, -0.25) is 4.79 Å². The van der Waals surface area contributed by atoms with Gasteiger partial charge in [0.25, 0.3) is 0 Å². The van der Waals surface area contributed by atoms with Gasteiger partial charge in [0.15, 0.2) is 0 Å². The van der Waals surface area contributed by atoms with E-state index in [1.54, 1.807) is 31.2 Å². The van der Waals surface area contributed by atoms with Crippen molar-refractivity contribution in [3.63, 3.8) is 0 Å². The van der Waals surface area contributed by atoms with Gasteiger partial charge in [-0.15, -0.1) is 0 Å². The molecule has 88 valence electrons. The zero-order chi connectivity index (χ0) is 12.1. The number of amides is 1. The Balaban J connectivity index is 2.49. The highest BCUT2D eigenvalue weighted by molar-refractivity contribution is 6.30. The Kier molecular flexibility index (Phi) is 4.73. The summed E-state index contributed by atoms with van der Waals surface area (Å²) in [5.74, 6) is -0.284. The van der Waals surface area contributed by atoms with E-state index in [0.29, 0.717) is 10.6 Å². The minimum absolute atomic E-state index is 0.141. The molecule has 0 fully saturated rings. The van der Waals surface area contributed by atoms with Crippen LogP contribution in [0.4, 0.5) is 0 Å². The molecule has 0 saturated heterocycles. The van der Waals surface area contributed by atoms with Gasteiger partial charge in [-0.2, -0.15) is 0 Å². The van der Waals surface area contributed by atoms with Crippen LogP contribution in [-0.2, 0) is 4.79 Å². The lowest BCUT2D eigenvalue weighted by molar-refractivity contribution is -0.122. The van der Waals surface area contributed by atoms with Gasteiger partial charge in [0.1, 0.15) is 0 Å². The number of carbonyl (C=O) groups excluding carboxylic acids is 1. The fourth-order valence-electron chi connectivity index (χ4n) is 1.16. The molecule has 0 aliphatic heterocycles. The summed E-state index contributed by atoms with van der Waals surface area (Å²) in [7, 11) is 0. The van der Waals surface area contributed by atoms with E-state index in [1.807, 2.05) is 0 Å². The second-order valence-electron chi connectivity index (χ2n) is 3.60. The lowest BCUT2D eigenvalue weighted by atomic mass is 10.1. The lowest BCUT2D eigenvalue weighted by Crippen LogP contribution is -2.40. The molecule has 1 aromatic rings. The Morgan fingerprint density at radius 3 is 2.56 bits per heavy atom. The second kappa shape index (κ2) is 5.84. The van der Waals surface area contributed by atoms with E-state index in [9.17, 15) is 9.90 Å². The largest absolute Gasteiger partial charge is 0.387 e. The molecule has 1 aromatic carbocycles. The normalized spacial score (nSPS) is 14.2. The number of nitrogens with one attached hydrogen (secondary N) is 1. The van der Waals surface area contributed by atoms with Gasteiger partial charge in [-0.25, -0.2) is 0 Å². The number of halogens is 1. The van der Waals surface area contributed by atoms with Crippen LogP contribution in [0.25, 0.3) is 0 Å². The topological polar surface area (TPSA) is 75.4 Å². The summed E-state index contributed by atoms with van der Waals surface area (Å²) in [6, 6.07) is 6.23. The maximum Gasteiger partial charge on any atom is 0.236 e. The van der Waals surface area contributed by atoms with E-state index in [2.05, 4.69) is 5.32 Å². The number of hydrogen-bond acceptors (Lipinski definition) is 3. The highest BCUT2D eigenvalue weighted by atomic mass is 35.5. The molecule has 0 saturated carbocycles. The summed E-state index contributed by atoms with van der Waals surface area (Å²) >= 11 is 5.72. The van der Waals surface area contributed by atoms with Crippen LogP contribution in [0.15, 0.2) is 24.3 Å². The number of aliphatic hydroxyl groups excluding tert-OH is 1. The predicted molar refractivity (Wildman–Crippen MR) is 63.1 cm³/mol. The first kappa shape index (κ1) is 13.0. The maximum absolute atomic E-state index is 11.2. The zero-order valence-electron chi connectivity index (χ0n) is 8.98. The molecule has 2 atom stereocenters. The molecule has 4 N–H and O–H groups in total. The third-order valence-corrected chi connectivity index (χ3v) is 2.39. The number of hydrogen-bond donors (Lipinski definition) is 3. The van der Waals surface area contributed by atoms with Crippen LogP contribution in [0.3, 0.4) is 0 Å². The van der Waals surface area contributed by atoms with Crippen molar-refractivity contribution in [2.45, 2.75) is 19.1 Å². The molecule has 0 radical (unpaired) electrons. The molecule has 1 unspecified atom stereocenters. The third-order valence-electron chi connectivity index (χ3n) is 2.14. The minimum atomic E-state index is -0.750. The summed E-state index contributed by atoms with van der Waals surface area (Å²) in [6.07, 6.45) is -0.750. The van der Waals surface area contributed by atoms with Crippen molar-refractivity contribution in [1.29, 1.82) is 0 Å². The molecular formula is C11H15ClN2O2. The van der Waals surface area contributed by atoms with Crippen molar-refractivity contribution in [1.82, 2.24) is 5.32 Å². The molecule has 1 amide bonds. The van der Waals surface area contributed by atoms with Crippen LogP contribution >= 0.6 is 11.6 Å². The van der Waals surface area contributed by atoms with E-state index < -0.39 is 12.1 Å². The van der Waals surface area contributed by atoms with Crippen molar-refractivity contribution in [3.8, 4) is 0 Å². The van der Waals surface area contributed by atoms with Crippen LogP contribution in [0.5, 0.6) is 0 Å². The zero-order valence-corrected chi connectivity index (χ0v) is 9.74. The van der Waals surface area contributed by atoms with Crippen molar-refractivity contribution in [2.75, 3.05) is 6.54 Å². The molecular weight excluding hydrogens is 228 g/mol. The summed E-state index contributed by atoms with van der Waals surface area (Å²) in [6.45, 7) is 1.73. The first-order valence-electron chi connectivity index (χ1n) is 4.97. The quantitative estimate of drug-likeness (QED) is 0.732. The minimum Gasteiger partial charge on any atom is -0.387 e. The highest BCUT2D eigenvalue weighted by Crippen LogP contribution is 2.15. The Morgan fingerprint density at radius 2 is 2.06 bits per heavy atom. The van der Waals surface area contributed by atoms with Crippen LogP contribution in [0.1, 0.15) is 18.6 Å². The van der Waals surface area contributed by atoms with Crippen molar-refractivity contribution >= 4 is 17.5 Å². The van der Waals surface area contributed by atoms with Crippen molar-refractivity contribution in [2.24, 2.45) is 5.73 Å². The van der Waals surface area contributed by atoms with Gasteiger partial charge < -0.3 is 16.2 Å². The summed E-state index contributed by atoms with van der Waals surface area (Å²) in [5, 5.41) is 12.9. The van der Waals surface area contributed by atoms with Crippen molar-refractivity contribution in [3.05, 3.63) is 34.9 Å². The first-order chi connectivity index (χ1) is 7.50. The standard InChI is InChI=1S/C11H15ClN2O2/c1-7(13)11(16)14-6-10(15)8-2-4-9(12)5-3-8/h2-5,7,10,15H,6,13H2,1H3,(H,14,16)/t7-,10?/m0/s1. The fourth-order valence-corrected chi connectivity index (χ4v) is 1.29. The second-order valence-corrected chi connectivity index (χ2v) is 4.04. The number of aliphatic hydroxyl groups is 1. The average Bonchev–Trinajstić information content (AvgIpc) is 2.26. The summed E-state index contributed by atoms with van der Waals surface area (Å²) < 4.78 is 0. The number of carbonyl (C=O) groups is 1. The van der Waals surface area contributed by atoms with Gasteiger partial charge in [-0.1, -0.05) is 23.7 Å². The predicted octanol–water partition coefficient (Wildman–Crippen LogP) is 0.837. The summed E-state index contributed by atoms with van der Waals surface area (Å²) in [5.41, 5.74) is 6.07. The highest BCUT2D eigenvalue weighted by Gasteiger charge is 2.11. The number of nitrogens with two attached hydrogens (primary N) is 1. The Labute approximate surface area is 99.4 Å². The summed E-state index contributed by atoms with van der Waals surface area (Å²) in [4.78, 5) is 11.2. The first-order valence-corrected chi connectivity index (χ1v) is 5.35. The van der Waals surface area contributed by atoms with Gasteiger partial charge >= 0.3 is 0 Å². The Bertz CT molecular complexity index is 352. The SMILES string of the molecule is C[C@H](N)C(=O)NCC(O)c1ccc(Cl)cc1. The Hall–Kier alpha value is -1.10. The number of rotatable bonds is 4. The van der Waals surface area contributed by atoms with E-state index in [0.717, 1.165) is 0 Å². The smallest absolute Gasteiger partial charge is 0.236 e. The molecule has 0 aliphatic rings. The molecule has 0 spiro atoms. The molecule has 0 heterocycles. The molecule has 0 aliphatic carbocycles. The molecule has 0 aromatic heterocycles. The molecule has 4 nitrogen and oxygen atoms in total. The van der Waals surface area contributed by atoms with E-state index in [-0.39, 0.29) is 12.5 Å². The fraction of sp³-hybridized carbons (Fsp3) is 0.364. The van der Waals surface area contributed by atoms with Gasteiger partial charge in [0.05, 0.1) is 12.1 Å². The van der Waals surface area contributed by atoms with Gasteiger partial charge in [-0.05, 0) is 24.6 Å². The molecule has 5 heteroatoms. The van der Waals surface area contributed by atoms with E-state index in [1.165, 1.54) is 0 Å². The maximum atomic E-state index is 11.2. The van der Waals surface area contributed by atoms with E-state index >= 15 is 0 Å². The lowest BCUT2D eigenvalue weighted by Gasteiger charge is -2.13.